The summed E-state index contributed by atoms with van der Waals surface area (Å²) in [6, 6.07) is 0.447. The van der Waals surface area contributed by atoms with Crippen LogP contribution in [-0.2, 0) is 0 Å². The first kappa shape index (κ1) is 11.4. The normalized spacial score (nSPS) is 23.1. The van der Waals surface area contributed by atoms with Crippen LogP contribution < -0.4 is 5.32 Å². The molecule has 1 aliphatic carbocycles. The first-order valence-corrected chi connectivity index (χ1v) is 6.45. The Kier molecular flexibility index (Phi) is 2.65. The Hall–Kier alpha value is -1.72. The van der Waals surface area contributed by atoms with Gasteiger partial charge in [0.1, 0.15) is 0 Å². The van der Waals surface area contributed by atoms with Crippen LogP contribution in [0.1, 0.15) is 39.5 Å². The summed E-state index contributed by atoms with van der Waals surface area (Å²) < 4.78 is 1.71. The molecule has 6 heteroatoms. The summed E-state index contributed by atoms with van der Waals surface area (Å²) >= 11 is 0. The van der Waals surface area contributed by atoms with Crippen molar-refractivity contribution >= 4 is 11.5 Å². The molecule has 1 atom stereocenters. The molecule has 0 saturated heterocycles. The van der Waals surface area contributed by atoms with Crippen molar-refractivity contribution in [2.24, 2.45) is 5.41 Å². The van der Waals surface area contributed by atoms with E-state index in [0.717, 1.165) is 5.82 Å². The summed E-state index contributed by atoms with van der Waals surface area (Å²) in [5.74, 6) is 0.873. The van der Waals surface area contributed by atoms with Gasteiger partial charge in [0.25, 0.3) is 0 Å². The number of nitrogens with zero attached hydrogens (tertiary/aromatic N) is 5. The summed E-state index contributed by atoms with van der Waals surface area (Å²) in [5, 5.41) is 15.1. The van der Waals surface area contributed by atoms with Crippen molar-refractivity contribution in [3.05, 3.63) is 12.4 Å². The molecule has 1 fully saturated rings. The minimum Gasteiger partial charge on any atom is -0.365 e. The van der Waals surface area contributed by atoms with Gasteiger partial charge in [0.2, 0.25) is 0 Å². The largest absolute Gasteiger partial charge is 0.365 e. The van der Waals surface area contributed by atoms with E-state index in [9.17, 15) is 0 Å². The zero-order chi connectivity index (χ0) is 12.6. The van der Waals surface area contributed by atoms with Crippen molar-refractivity contribution in [3.8, 4) is 0 Å². The van der Waals surface area contributed by atoms with E-state index in [1.165, 1.54) is 25.7 Å². The third kappa shape index (κ3) is 1.91. The summed E-state index contributed by atoms with van der Waals surface area (Å²) in [6.07, 6.45) is 8.49. The van der Waals surface area contributed by atoms with E-state index in [1.54, 1.807) is 16.9 Å². The lowest BCUT2D eigenvalue weighted by atomic mass is 9.73. The zero-order valence-electron chi connectivity index (χ0n) is 10.8. The van der Waals surface area contributed by atoms with Gasteiger partial charge in [-0.05, 0) is 28.7 Å². The Morgan fingerprint density at radius 3 is 3.06 bits per heavy atom. The van der Waals surface area contributed by atoms with E-state index < -0.39 is 0 Å². The topological polar surface area (TPSA) is 68.0 Å². The van der Waals surface area contributed by atoms with E-state index in [4.69, 9.17) is 0 Å². The van der Waals surface area contributed by atoms with E-state index in [0.29, 0.717) is 17.1 Å². The highest BCUT2D eigenvalue weighted by atomic mass is 15.5. The van der Waals surface area contributed by atoms with Gasteiger partial charge in [0.05, 0.1) is 12.4 Å². The Morgan fingerprint density at radius 2 is 2.22 bits per heavy atom. The minimum atomic E-state index is 0.300. The molecular weight excluding hydrogens is 228 g/mol. The number of rotatable bonds is 2. The summed E-state index contributed by atoms with van der Waals surface area (Å²) in [7, 11) is 0. The number of fused-ring (bicyclic) bond motifs is 1. The van der Waals surface area contributed by atoms with Crippen molar-refractivity contribution in [3.63, 3.8) is 0 Å². The van der Waals surface area contributed by atoms with Crippen LogP contribution in [0.15, 0.2) is 12.4 Å². The lowest BCUT2D eigenvalue weighted by Gasteiger charge is -2.39. The van der Waals surface area contributed by atoms with Gasteiger partial charge in [0, 0.05) is 6.04 Å². The lowest BCUT2D eigenvalue weighted by molar-refractivity contribution is 0.216. The highest BCUT2D eigenvalue weighted by molar-refractivity contribution is 5.44. The lowest BCUT2D eigenvalue weighted by Crippen LogP contribution is -2.39. The summed E-state index contributed by atoms with van der Waals surface area (Å²) in [6.45, 7) is 4.63. The van der Waals surface area contributed by atoms with E-state index in [-0.39, 0.29) is 0 Å². The van der Waals surface area contributed by atoms with Crippen LogP contribution in [0.3, 0.4) is 0 Å². The Labute approximate surface area is 106 Å². The van der Waals surface area contributed by atoms with Crippen LogP contribution in [0.2, 0.25) is 0 Å². The van der Waals surface area contributed by atoms with Gasteiger partial charge < -0.3 is 5.32 Å². The second kappa shape index (κ2) is 4.19. The predicted octanol–water partition coefficient (Wildman–Crippen LogP) is 1.90. The van der Waals surface area contributed by atoms with Crippen LogP contribution in [0.25, 0.3) is 5.65 Å². The number of tetrazole rings is 1. The SMILES string of the molecule is CC1(C)CCCCC1Nc1cncc2nnnn12. The summed E-state index contributed by atoms with van der Waals surface area (Å²) in [5.41, 5.74) is 0.975. The molecule has 1 aliphatic rings. The predicted molar refractivity (Wildman–Crippen MR) is 68.2 cm³/mol. The fraction of sp³-hybridized carbons (Fsp3) is 0.667. The number of aromatic nitrogens is 5. The molecule has 1 N–H and O–H groups in total. The smallest absolute Gasteiger partial charge is 0.199 e. The minimum absolute atomic E-state index is 0.300. The van der Waals surface area contributed by atoms with Crippen LogP contribution in [-0.4, -0.2) is 31.1 Å². The van der Waals surface area contributed by atoms with Crippen LogP contribution in [0, 0.1) is 5.41 Å². The van der Waals surface area contributed by atoms with E-state index in [1.807, 2.05) is 0 Å². The molecule has 96 valence electrons. The molecule has 0 radical (unpaired) electrons. The molecule has 0 spiro atoms. The average molecular weight is 246 g/mol. The monoisotopic (exact) mass is 246 g/mol. The molecule has 2 heterocycles. The van der Waals surface area contributed by atoms with Gasteiger partial charge in [-0.3, -0.25) is 4.98 Å². The molecule has 1 unspecified atom stereocenters. The van der Waals surface area contributed by atoms with Crippen molar-refractivity contribution in [1.82, 2.24) is 25.0 Å². The maximum absolute atomic E-state index is 4.17. The third-order valence-corrected chi connectivity index (χ3v) is 3.94. The highest BCUT2D eigenvalue weighted by Crippen LogP contribution is 2.37. The van der Waals surface area contributed by atoms with Crippen LogP contribution in [0.4, 0.5) is 5.82 Å². The molecule has 0 amide bonds. The first-order valence-electron chi connectivity index (χ1n) is 6.45. The van der Waals surface area contributed by atoms with Gasteiger partial charge >= 0.3 is 0 Å². The fourth-order valence-corrected chi connectivity index (χ4v) is 2.71. The summed E-state index contributed by atoms with van der Waals surface area (Å²) in [4.78, 5) is 4.17. The van der Waals surface area contributed by atoms with Crippen molar-refractivity contribution in [2.75, 3.05) is 5.32 Å². The average Bonchev–Trinajstić information content (AvgIpc) is 2.81. The quantitative estimate of drug-likeness (QED) is 0.876. The van der Waals surface area contributed by atoms with E-state index >= 15 is 0 Å². The standard InChI is InChI=1S/C12H18N6/c1-12(2)6-4-3-5-9(12)14-10-7-13-8-11-15-16-17-18(10)11/h7-9,14H,3-6H2,1-2H3. The second-order valence-corrected chi connectivity index (χ2v) is 5.67. The van der Waals surface area contributed by atoms with Crippen LogP contribution >= 0.6 is 0 Å². The van der Waals surface area contributed by atoms with Gasteiger partial charge in [-0.25, -0.2) is 0 Å². The molecule has 6 nitrogen and oxygen atoms in total. The Bertz CT molecular complexity index is 546. The Morgan fingerprint density at radius 1 is 1.33 bits per heavy atom. The molecule has 0 aliphatic heterocycles. The van der Waals surface area contributed by atoms with Crippen molar-refractivity contribution in [2.45, 2.75) is 45.6 Å². The molecular formula is C12H18N6. The number of hydrogen-bond acceptors (Lipinski definition) is 5. The number of nitrogens with one attached hydrogen (secondary N) is 1. The molecule has 2 aromatic rings. The van der Waals surface area contributed by atoms with Crippen molar-refractivity contribution in [1.29, 1.82) is 0 Å². The van der Waals surface area contributed by atoms with Crippen molar-refractivity contribution < 1.29 is 0 Å². The maximum atomic E-state index is 4.17. The molecule has 1 saturated carbocycles. The van der Waals surface area contributed by atoms with Crippen LogP contribution in [0.5, 0.6) is 0 Å². The van der Waals surface area contributed by atoms with Gasteiger partial charge in [-0.2, -0.15) is 4.52 Å². The fourth-order valence-electron chi connectivity index (χ4n) is 2.71. The molecule has 0 bridgehead atoms. The van der Waals surface area contributed by atoms with Gasteiger partial charge in [0.15, 0.2) is 11.5 Å². The first-order chi connectivity index (χ1) is 8.67. The Balaban J connectivity index is 1.89. The maximum Gasteiger partial charge on any atom is 0.199 e. The molecule has 0 aromatic carbocycles. The van der Waals surface area contributed by atoms with Gasteiger partial charge in [-0.15, -0.1) is 5.10 Å². The molecule has 2 aromatic heterocycles. The highest BCUT2D eigenvalue weighted by Gasteiger charge is 2.32. The van der Waals surface area contributed by atoms with E-state index in [2.05, 4.69) is 39.7 Å². The zero-order valence-corrected chi connectivity index (χ0v) is 10.8. The molecule has 18 heavy (non-hydrogen) atoms. The van der Waals surface area contributed by atoms with Gasteiger partial charge in [-0.1, -0.05) is 26.7 Å². The second-order valence-electron chi connectivity index (χ2n) is 5.67. The third-order valence-electron chi connectivity index (χ3n) is 3.94. The number of anilines is 1. The molecule has 3 rings (SSSR count). The number of hydrogen-bond donors (Lipinski definition) is 1.